The fourth-order valence-corrected chi connectivity index (χ4v) is 0.771. The molecular weight excluding hydrogens is 146 g/mol. The number of carbonyl (C=O) groups excluding carboxylic acids is 1. The number of nitrogens with one attached hydrogen (secondary N) is 1. The van der Waals surface area contributed by atoms with E-state index in [0.29, 0.717) is 19.7 Å². The molecule has 0 amide bonds. The number of hydrogen-bond acceptors (Lipinski definition) is 4. The van der Waals surface area contributed by atoms with Crippen LogP contribution in [0.3, 0.4) is 0 Å². The highest BCUT2D eigenvalue weighted by Gasteiger charge is 2.03. The molecule has 0 aromatic rings. The summed E-state index contributed by atoms with van der Waals surface area (Å²) in [6, 6.07) is 0.264. The molecule has 11 heavy (non-hydrogen) atoms. The highest BCUT2D eigenvalue weighted by atomic mass is 16.5. The Hall–Kier alpha value is -0.610. The average Bonchev–Trinajstić information content (AvgIpc) is 2.03. The van der Waals surface area contributed by atoms with Crippen molar-refractivity contribution in [2.24, 2.45) is 0 Å². The Balaban J connectivity index is 3.27. The standard InChI is InChI=1S/C7H15NO3/c1-8-7(5-10-2)3-4-11-6-9/h6-8H,3-5H2,1-2H3/t7-/m1/s1. The molecule has 4 nitrogen and oxygen atoms in total. The molecule has 0 radical (unpaired) electrons. The molecule has 0 saturated heterocycles. The second-order valence-corrected chi connectivity index (χ2v) is 2.20. The molecule has 0 aromatic heterocycles. The van der Waals surface area contributed by atoms with E-state index in [2.05, 4.69) is 10.1 Å². The fourth-order valence-electron chi connectivity index (χ4n) is 0.771. The van der Waals surface area contributed by atoms with E-state index >= 15 is 0 Å². The quantitative estimate of drug-likeness (QED) is 0.414. The van der Waals surface area contributed by atoms with Gasteiger partial charge in [0.05, 0.1) is 13.2 Å². The molecule has 1 atom stereocenters. The summed E-state index contributed by atoms with van der Waals surface area (Å²) in [6.45, 7) is 1.54. The number of methoxy groups -OCH3 is 1. The fraction of sp³-hybridized carbons (Fsp3) is 0.857. The van der Waals surface area contributed by atoms with Gasteiger partial charge in [-0.25, -0.2) is 0 Å². The summed E-state index contributed by atoms with van der Waals surface area (Å²) >= 11 is 0. The predicted octanol–water partition coefficient (Wildman–Crippen LogP) is -0.216. The molecule has 0 heterocycles. The second-order valence-electron chi connectivity index (χ2n) is 2.20. The third-order valence-corrected chi connectivity index (χ3v) is 1.43. The van der Waals surface area contributed by atoms with E-state index < -0.39 is 0 Å². The Morgan fingerprint density at radius 1 is 1.64 bits per heavy atom. The Morgan fingerprint density at radius 3 is 2.82 bits per heavy atom. The maximum absolute atomic E-state index is 9.76. The zero-order valence-electron chi connectivity index (χ0n) is 7.00. The number of hydrogen-bond donors (Lipinski definition) is 1. The van der Waals surface area contributed by atoms with Crippen molar-refractivity contribution in [3.05, 3.63) is 0 Å². The molecule has 0 fully saturated rings. The number of carbonyl (C=O) groups is 1. The molecule has 0 unspecified atom stereocenters. The van der Waals surface area contributed by atoms with Crippen molar-refractivity contribution < 1.29 is 14.3 Å². The molecule has 0 saturated carbocycles. The van der Waals surface area contributed by atoms with Crippen LogP contribution in [0.25, 0.3) is 0 Å². The molecule has 0 aromatic carbocycles. The third-order valence-electron chi connectivity index (χ3n) is 1.43. The molecule has 1 N–H and O–H groups in total. The van der Waals surface area contributed by atoms with Crippen LogP contribution in [-0.2, 0) is 14.3 Å². The largest absolute Gasteiger partial charge is 0.468 e. The highest BCUT2D eigenvalue weighted by Crippen LogP contribution is 1.91. The summed E-state index contributed by atoms with van der Waals surface area (Å²) in [7, 11) is 3.50. The lowest BCUT2D eigenvalue weighted by Crippen LogP contribution is -2.31. The molecule has 0 aliphatic carbocycles. The number of ether oxygens (including phenoxy) is 2. The van der Waals surface area contributed by atoms with E-state index in [1.807, 2.05) is 7.05 Å². The Labute approximate surface area is 66.9 Å². The van der Waals surface area contributed by atoms with Crippen LogP contribution in [0.15, 0.2) is 0 Å². The van der Waals surface area contributed by atoms with Crippen molar-refractivity contribution in [3.63, 3.8) is 0 Å². The lowest BCUT2D eigenvalue weighted by molar-refractivity contribution is -0.128. The van der Waals surface area contributed by atoms with Crippen LogP contribution in [0, 0.1) is 0 Å². The lowest BCUT2D eigenvalue weighted by atomic mass is 10.2. The van der Waals surface area contributed by atoms with Gasteiger partial charge in [-0.3, -0.25) is 4.79 Å². The summed E-state index contributed by atoms with van der Waals surface area (Å²) in [5.74, 6) is 0. The minimum atomic E-state index is 0.264. The van der Waals surface area contributed by atoms with Gasteiger partial charge < -0.3 is 14.8 Å². The molecule has 0 bridgehead atoms. The molecule has 0 rings (SSSR count). The minimum absolute atomic E-state index is 0.264. The van der Waals surface area contributed by atoms with Crippen molar-refractivity contribution in [2.45, 2.75) is 12.5 Å². The van der Waals surface area contributed by atoms with E-state index in [-0.39, 0.29) is 6.04 Å². The number of rotatable bonds is 7. The third kappa shape index (κ3) is 5.82. The van der Waals surface area contributed by atoms with Gasteiger partial charge in [-0.15, -0.1) is 0 Å². The first-order valence-electron chi connectivity index (χ1n) is 3.56. The Bertz CT molecular complexity index is 97.7. The van der Waals surface area contributed by atoms with Gasteiger partial charge in [0.1, 0.15) is 0 Å². The monoisotopic (exact) mass is 161 g/mol. The van der Waals surface area contributed by atoms with Gasteiger partial charge in [0, 0.05) is 13.2 Å². The van der Waals surface area contributed by atoms with E-state index in [1.165, 1.54) is 0 Å². The van der Waals surface area contributed by atoms with Gasteiger partial charge in [0.2, 0.25) is 0 Å². The SMILES string of the molecule is CN[C@H](CCOC=O)COC. The van der Waals surface area contributed by atoms with Gasteiger partial charge in [-0.2, -0.15) is 0 Å². The van der Waals surface area contributed by atoms with Gasteiger partial charge in [0.25, 0.3) is 6.47 Å². The van der Waals surface area contributed by atoms with Gasteiger partial charge in [0.15, 0.2) is 0 Å². The van der Waals surface area contributed by atoms with Gasteiger partial charge in [-0.05, 0) is 13.5 Å². The normalized spacial score (nSPS) is 12.5. The summed E-state index contributed by atoms with van der Waals surface area (Å²) in [6.07, 6.45) is 0.781. The second kappa shape index (κ2) is 7.50. The van der Waals surface area contributed by atoms with Crippen molar-refractivity contribution in [1.29, 1.82) is 0 Å². The molecule has 66 valence electrons. The van der Waals surface area contributed by atoms with E-state index in [4.69, 9.17) is 4.74 Å². The van der Waals surface area contributed by atoms with Crippen LogP contribution in [0.4, 0.5) is 0 Å². The van der Waals surface area contributed by atoms with Crippen LogP contribution >= 0.6 is 0 Å². The first kappa shape index (κ1) is 10.4. The molecular formula is C7H15NO3. The topological polar surface area (TPSA) is 47.6 Å². The Morgan fingerprint density at radius 2 is 2.36 bits per heavy atom. The minimum Gasteiger partial charge on any atom is -0.468 e. The highest BCUT2D eigenvalue weighted by molar-refractivity contribution is 5.36. The summed E-state index contributed by atoms with van der Waals surface area (Å²) in [4.78, 5) is 9.76. The summed E-state index contributed by atoms with van der Waals surface area (Å²) in [5.41, 5.74) is 0. The first-order valence-corrected chi connectivity index (χ1v) is 3.56. The van der Waals surface area contributed by atoms with Crippen LogP contribution < -0.4 is 5.32 Å². The predicted molar refractivity (Wildman–Crippen MR) is 41.4 cm³/mol. The van der Waals surface area contributed by atoms with Crippen LogP contribution in [0.1, 0.15) is 6.42 Å². The smallest absolute Gasteiger partial charge is 0.293 e. The van der Waals surface area contributed by atoms with E-state index in [9.17, 15) is 4.79 Å². The zero-order chi connectivity index (χ0) is 8.53. The van der Waals surface area contributed by atoms with E-state index in [0.717, 1.165) is 6.42 Å². The zero-order valence-corrected chi connectivity index (χ0v) is 7.00. The number of likely N-dealkylation sites (N-methyl/N-ethyl adjacent to an activating group) is 1. The van der Waals surface area contributed by atoms with Gasteiger partial charge >= 0.3 is 0 Å². The first-order chi connectivity index (χ1) is 5.35. The van der Waals surface area contributed by atoms with Crippen LogP contribution in [-0.4, -0.2) is 39.9 Å². The van der Waals surface area contributed by atoms with E-state index in [1.54, 1.807) is 7.11 Å². The van der Waals surface area contributed by atoms with Crippen molar-refractivity contribution >= 4 is 6.47 Å². The van der Waals surface area contributed by atoms with Crippen LogP contribution in [0.2, 0.25) is 0 Å². The summed E-state index contributed by atoms with van der Waals surface area (Å²) < 4.78 is 9.46. The lowest BCUT2D eigenvalue weighted by Gasteiger charge is -2.13. The van der Waals surface area contributed by atoms with Crippen LogP contribution in [0.5, 0.6) is 0 Å². The maximum atomic E-state index is 9.76. The van der Waals surface area contributed by atoms with Gasteiger partial charge in [-0.1, -0.05) is 0 Å². The van der Waals surface area contributed by atoms with Crippen molar-refractivity contribution in [3.8, 4) is 0 Å². The molecule has 0 spiro atoms. The molecule has 0 aliphatic heterocycles. The summed E-state index contributed by atoms with van der Waals surface area (Å²) in [5, 5.41) is 3.04. The molecule has 4 heteroatoms. The van der Waals surface area contributed by atoms with Crippen molar-refractivity contribution in [2.75, 3.05) is 27.4 Å². The molecule has 0 aliphatic rings. The van der Waals surface area contributed by atoms with Crippen molar-refractivity contribution in [1.82, 2.24) is 5.32 Å². The average molecular weight is 161 g/mol. The Kier molecular flexibility index (Phi) is 7.08. The maximum Gasteiger partial charge on any atom is 0.293 e.